The Kier molecular flexibility index (Phi) is 4.57. The van der Waals surface area contributed by atoms with E-state index in [4.69, 9.17) is 5.26 Å². The predicted octanol–water partition coefficient (Wildman–Crippen LogP) is 2.96. The van der Waals surface area contributed by atoms with Gasteiger partial charge in [-0.1, -0.05) is 18.9 Å². The van der Waals surface area contributed by atoms with Crippen LogP contribution in [0.3, 0.4) is 0 Å². The van der Waals surface area contributed by atoms with Crippen LogP contribution in [-0.2, 0) is 0 Å². The molecule has 2 rings (SSSR count). The molecule has 1 heterocycles. The quantitative estimate of drug-likeness (QED) is 0.490. The lowest BCUT2D eigenvalue weighted by Crippen LogP contribution is -2.68. The van der Waals surface area contributed by atoms with Crippen LogP contribution < -0.4 is 0 Å². The molecular formula is C15H22FN3O3. The lowest BCUT2D eigenvalue weighted by Gasteiger charge is -2.52. The first kappa shape index (κ1) is 16.9. The molecule has 6 nitrogen and oxygen atoms in total. The average molecular weight is 311 g/mol. The predicted molar refractivity (Wildman–Crippen MR) is 77.8 cm³/mol. The molecule has 1 amide bonds. The second-order valence-corrected chi connectivity index (χ2v) is 6.33. The fourth-order valence-electron chi connectivity index (χ4n) is 3.89. The maximum atomic E-state index is 13.7. The van der Waals surface area contributed by atoms with Gasteiger partial charge in [0.15, 0.2) is 0 Å². The molecule has 2 unspecified atom stereocenters. The highest BCUT2D eigenvalue weighted by Crippen LogP contribution is 2.47. The summed E-state index contributed by atoms with van der Waals surface area (Å²) in [7, 11) is 0. The molecule has 0 aromatic rings. The zero-order valence-corrected chi connectivity index (χ0v) is 12.7. The number of rotatable bonds is 4. The summed E-state index contributed by atoms with van der Waals surface area (Å²) in [6.45, 7) is 5.04. The maximum absolute atomic E-state index is 13.7. The van der Waals surface area contributed by atoms with Crippen molar-refractivity contribution in [1.29, 1.82) is 5.26 Å². The van der Waals surface area contributed by atoms with Crippen LogP contribution in [0.2, 0.25) is 0 Å². The van der Waals surface area contributed by atoms with E-state index in [0.717, 1.165) is 17.9 Å². The number of hydroxylamine groups is 2. The van der Waals surface area contributed by atoms with Crippen molar-refractivity contribution in [2.75, 3.05) is 6.54 Å². The molecule has 122 valence electrons. The van der Waals surface area contributed by atoms with E-state index in [1.54, 1.807) is 13.0 Å². The Bertz CT molecular complexity index is 501. The van der Waals surface area contributed by atoms with Crippen molar-refractivity contribution in [3.05, 3.63) is 17.9 Å². The number of amides is 1. The molecule has 1 aliphatic carbocycles. The van der Waals surface area contributed by atoms with Crippen molar-refractivity contribution >= 4 is 6.09 Å². The molecule has 1 N–H and O–H groups in total. The van der Waals surface area contributed by atoms with Gasteiger partial charge in [0.2, 0.25) is 0 Å². The van der Waals surface area contributed by atoms with Gasteiger partial charge in [0, 0.05) is 11.8 Å². The lowest BCUT2D eigenvalue weighted by molar-refractivity contribution is -0.956. The van der Waals surface area contributed by atoms with Gasteiger partial charge >= 0.3 is 6.09 Å². The van der Waals surface area contributed by atoms with Crippen LogP contribution in [0.25, 0.3) is 0 Å². The zero-order valence-electron chi connectivity index (χ0n) is 12.7. The van der Waals surface area contributed by atoms with Crippen molar-refractivity contribution in [2.24, 2.45) is 5.41 Å². The molecular weight excluding hydrogens is 289 g/mol. The highest BCUT2D eigenvalue weighted by Gasteiger charge is 2.55. The molecule has 1 aliphatic heterocycles. The Labute approximate surface area is 129 Å². The number of alkyl halides is 1. The van der Waals surface area contributed by atoms with Crippen molar-refractivity contribution in [3.8, 4) is 6.07 Å². The minimum atomic E-state index is -1.70. The van der Waals surface area contributed by atoms with Gasteiger partial charge in [0.05, 0.1) is 12.6 Å². The van der Waals surface area contributed by atoms with Crippen molar-refractivity contribution in [2.45, 2.75) is 57.3 Å². The Morgan fingerprint density at radius 1 is 1.64 bits per heavy atom. The van der Waals surface area contributed by atoms with Crippen molar-refractivity contribution < 1.29 is 19.0 Å². The largest absolute Gasteiger partial charge is 0.601 e. The number of carboxylic acid groups (broad SMARTS) is 1. The van der Waals surface area contributed by atoms with Gasteiger partial charge in [-0.3, -0.25) is 0 Å². The fraction of sp³-hybridized carbons (Fsp3) is 0.733. The molecule has 1 saturated heterocycles. The third-order valence-corrected chi connectivity index (χ3v) is 5.33. The molecule has 0 aromatic heterocycles. The van der Waals surface area contributed by atoms with Gasteiger partial charge in [0.1, 0.15) is 18.3 Å². The van der Waals surface area contributed by atoms with Crippen LogP contribution in [0.5, 0.6) is 0 Å². The summed E-state index contributed by atoms with van der Waals surface area (Å²) in [6.07, 6.45) is 1.78. The molecule has 22 heavy (non-hydrogen) atoms. The van der Waals surface area contributed by atoms with E-state index in [2.05, 4.69) is 6.58 Å². The number of carbonyl (C=O) groups is 1. The number of nitriles is 1. The van der Waals surface area contributed by atoms with E-state index in [-0.39, 0.29) is 13.0 Å². The third kappa shape index (κ3) is 2.41. The van der Waals surface area contributed by atoms with Gasteiger partial charge in [-0.15, -0.1) is 11.6 Å². The normalized spacial score (nSPS) is 32.1. The molecule has 2 fully saturated rings. The number of halogens is 1. The highest BCUT2D eigenvalue weighted by molar-refractivity contribution is 5.57. The van der Waals surface area contributed by atoms with Gasteiger partial charge in [-0.2, -0.15) is 14.8 Å². The second-order valence-electron chi connectivity index (χ2n) is 6.33. The van der Waals surface area contributed by atoms with Crippen LogP contribution >= 0.6 is 0 Å². The van der Waals surface area contributed by atoms with E-state index in [0.29, 0.717) is 12.8 Å². The SMILES string of the molecule is C=CC1(C(C)[N+]([O-])(C(=O)O)N2C[C@@H](F)C[C@H]2C#N)CCCC1. The molecule has 0 bridgehead atoms. The van der Waals surface area contributed by atoms with Gasteiger partial charge in [-0.25, -0.2) is 4.39 Å². The van der Waals surface area contributed by atoms with Crippen LogP contribution in [0.1, 0.15) is 39.0 Å². The minimum Gasteiger partial charge on any atom is -0.601 e. The van der Waals surface area contributed by atoms with E-state index in [1.807, 2.05) is 6.07 Å². The van der Waals surface area contributed by atoms with Crippen LogP contribution in [0, 0.1) is 22.0 Å². The molecule has 4 atom stereocenters. The fourth-order valence-corrected chi connectivity index (χ4v) is 3.89. The standard InChI is InChI=1S/C15H22FN3O3/c1-3-15(6-4-5-7-15)11(2)19(22,14(20)21)18-10-12(16)8-13(18)9-17/h3,11-13H,1,4-8,10H2,2H3,(H,20,21)/t11?,12-,13-,19?/m0/s1. The topological polar surface area (TPSA) is 87.4 Å². The molecule has 0 spiro atoms. The van der Waals surface area contributed by atoms with Crippen LogP contribution in [-0.4, -0.2) is 45.8 Å². The molecule has 1 saturated carbocycles. The van der Waals surface area contributed by atoms with Gasteiger partial charge in [-0.05, 0) is 19.8 Å². The Morgan fingerprint density at radius 3 is 2.68 bits per heavy atom. The van der Waals surface area contributed by atoms with E-state index in [1.165, 1.54) is 0 Å². The molecule has 2 aliphatic rings. The maximum Gasteiger partial charge on any atom is 0.534 e. The smallest absolute Gasteiger partial charge is 0.534 e. The minimum absolute atomic E-state index is 0.125. The number of hydrogen-bond acceptors (Lipinski definition) is 4. The summed E-state index contributed by atoms with van der Waals surface area (Å²) in [5.74, 6) is 0. The number of nitrogens with zero attached hydrogens (tertiary/aromatic N) is 3. The first-order valence-corrected chi connectivity index (χ1v) is 7.59. The number of quaternary nitrogens is 1. The van der Waals surface area contributed by atoms with E-state index < -0.39 is 34.5 Å². The van der Waals surface area contributed by atoms with Crippen LogP contribution in [0.4, 0.5) is 9.18 Å². The van der Waals surface area contributed by atoms with Crippen LogP contribution in [0.15, 0.2) is 12.7 Å². The van der Waals surface area contributed by atoms with E-state index in [9.17, 15) is 19.5 Å². The summed E-state index contributed by atoms with van der Waals surface area (Å²) in [4.78, 5) is 11.8. The monoisotopic (exact) mass is 311 g/mol. The van der Waals surface area contributed by atoms with Gasteiger partial charge < -0.3 is 10.3 Å². The summed E-state index contributed by atoms with van der Waals surface area (Å²) in [5.41, 5.74) is -0.589. The Balaban J connectivity index is 2.42. The first-order chi connectivity index (χ1) is 10.3. The van der Waals surface area contributed by atoms with E-state index >= 15 is 0 Å². The molecule has 7 heteroatoms. The Morgan fingerprint density at radius 2 is 2.23 bits per heavy atom. The average Bonchev–Trinajstić information content (AvgIpc) is 3.12. The molecule has 0 radical (unpaired) electrons. The van der Waals surface area contributed by atoms with Crippen molar-refractivity contribution in [1.82, 2.24) is 5.01 Å². The second kappa shape index (κ2) is 5.95. The molecule has 0 aromatic carbocycles. The third-order valence-electron chi connectivity index (χ3n) is 5.33. The summed E-state index contributed by atoms with van der Waals surface area (Å²) in [6, 6.07) is -0.0125. The first-order valence-electron chi connectivity index (χ1n) is 7.59. The Hall–Kier alpha value is -1.49. The summed E-state index contributed by atoms with van der Waals surface area (Å²) >= 11 is 0. The lowest BCUT2D eigenvalue weighted by atomic mass is 9.79. The summed E-state index contributed by atoms with van der Waals surface area (Å²) in [5, 5.41) is 32.9. The number of hydrogen-bond donors (Lipinski definition) is 1. The zero-order chi connectivity index (χ0) is 16.5. The van der Waals surface area contributed by atoms with Crippen molar-refractivity contribution in [3.63, 3.8) is 0 Å². The van der Waals surface area contributed by atoms with Gasteiger partial charge in [0.25, 0.3) is 0 Å². The highest BCUT2D eigenvalue weighted by atomic mass is 19.1. The summed E-state index contributed by atoms with van der Waals surface area (Å²) < 4.78 is 12.0.